The molecule has 0 aliphatic rings. The average Bonchev–Trinajstić information content (AvgIpc) is 2.54. The topological polar surface area (TPSA) is 0 Å². The highest BCUT2D eigenvalue weighted by atomic mass is 28.3. The van der Waals surface area contributed by atoms with Crippen LogP contribution in [0.2, 0.25) is 18.6 Å². The van der Waals surface area contributed by atoms with Crippen LogP contribution < -0.4 is 0 Å². The molecule has 20 heavy (non-hydrogen) atoms. The van der Waals surface area contributed by atoms with Gasteiger partial charge in [0, 0.05) is 0 Å². The Kier molecular flexibility index (Phi) is 5.19. The lowest BCUT2D eigenvalue weighted by Gasteiger charge is -2.35. The molecule has 0 aliphatic heterocycles. The Labute approximate surface area is 124 Å². The van der Waals surface area contributed by atoms with Gasteiger partial charge in [-0.3, -0.25) is 0 Å². The van der Waals surface area contributed by atoms with Gasteiger partial charge >= 0.3 is 0 Å². The fraction of sp³-hybridized carbons (Fsp3) is 0.368. The Morgan fingerprint density at radius 2 is 1.30 bits per heavy atom. The Hall–Kier alpha value is -1.34. The molecule has 0 amide bonds. The zero-order valence-electron chi connectivity index (χ0n) is 13.0. The van der Waals surface area contributed by atoms with Gasteiger partial charge in [0.2, 0.25) is 0 Å². The fourth-order valence-corrected chi connectivity index (χ4v) is 6.26. The second kappa shape index (κ2) is 6.89. The highest BCUT2D eigenvalue weighted by Crippen LogP contribution is 2.35. The average molecular weight is 283 g/mol. The van der Waals surface area contributed by atoms with Gasteiger partial charge in [0.25, 0.3) is 0 Å². The minimum Gasteiger partial charge on any atom is -0.0687 e. The first-order chi connectivity index (χ1) is 9.69. The van der Waals surface area contributed by atoms with E-state index in [9.17, 15) is 0 Å². The van der Waals surface area contributed by atoms with Crippen LogP contribution in [0.1, 0.15) is 30.5 Å². The monoisotopic (exact) mass is 282 g/mol. The van der Waals surface area contributed by atoms with Crippen molar-refractivity contribution in [3.05, 3.63) is 71.8 Å². The lowest BCUT2D eigenvalue weighted by atomic mass is 10.0. The molecule has 0 N–H and O–H groups in total. The molecule has 0 nitrogen and oxygen atoms in total. The van der Waals surface area contributed by atoms with Gasteiger partial charge in [0.1, 0.15) is 0 Å². The summed E-state index contributed by atoms with van der Waals surface area (Å²) in [5.74, 6) is 0. The molecule has 0 aliphatic carbocycles. The fourth-order valence-electron chi connectivity index (χ4n) is 3.04. The van der Waals surface area contributed by atoms with E-state index in [0.29, 0.717) is 0 Å². The number of hydrogen-bond donors (Lipinski definition) is 0. The summed E-state index contributed by atoms with van der Waals surface area (Å²) in [6.45, 7) is 7.35. The van der Waals surface area contributed by atoms with Crippen LogP contribution in [0.15, 0.2) is 60.7 Å². The second-order valence-electron chi connectivity index (χ2n) is 6.01. The van der Waals surface area contributed by atoms with E-state index in [1.807, 2.05) is 0 Å². The summed E-state index contributed by atoms with van der Waals surface area (Å²) in [6.07, 6.45) is 1.19. The molecular weight excluding hydrogens is 256 g/mol. The van der Waals surface area contributed by atoms with Crippen molar-refractivity contribution in [1.29, 1.82) is 0 Å². The van der Waals surface area contributed by atoms with Gasteiger partial charge in [-0.25, -0.2) is 0 Å². The first kappa shape index (κ1) is 15.1. The maximum absolute atomic E-state index is 2.58. The summed E-state index contributed by atoms with van der Waals surface area (Å²) in [4.78, 5) is 0. The third-order valence-electron chi connectivity index (χ3n) is 4.94. The van der Waals surface area contributed by atoms with Crippen LogP contribution in [0.3, 0.4) is 0 Å². The van der Waals surface area contributed by atoms with Crippen molar-refractivity contribution in [1.82, 2.24) is 0 Å². The molecular formula is C19H26Si. The van der Waals surface area contributed by atoms with Crippen molar-refractivity contribution in [3.63, 3.8) is 0 Å². The molecule has 0 saturated carbocycles. The minimum absolute atomic E-state index is 0.723. The first-order valence-corrected chi connectivity index (χ1v) is 10.8. The van der Waals surface area contributed by atoms with Crippen molar-refractivity contribution >= 4 is 8.07 Å². The van der Waals surface area contributed by atoms with E-state index in [1.54, 1.807) is 0 Å². The van der Waals surface area contributed by atoms with Crippen LogP contribution in [0.4, 0.5) is 0 Å². The van der Waals surface area contributed by atoms with Crippen LogP contribution in [0, 0.1) is 0 Å². The standard InChI is InChI=1S/C19H26Si/c1-4-20(3,5-2)19(18-14-10-7-11-15-18)16-17-12-8-6-9-13-17/h6-15,19H,4-5,16H2,1-3H3. The molecule has 0 heterocycles. The third kappa shape index (κ3) is 3.40. The second-order valence-corrected chi connectivity index (χ2v) is 11.4. The molecule has 0 fully saturated rings. The van der Waals surface area contributed by atoms with Gasteiger partial charge < -0.3 is 0 Å². The van der Waals surface area contributed by atoms with Gasteiger partial charge in [-0.05, 0) is 23.1 Å². The highest BCUT2D eigenvalue weighted by Gasteiger charge is 2.34. The van der Waals surface area contributed by atoms with E-state index < -0.39 is 8.07 Å². The summed E-state index contributed by atoms with van der Waals surface area (Å²) >= 11 is 0. The van der Waals surface area contributed by atoms with Crippen LogP contribution in [0.5, 0.6) is 0 Å². The number of hydrogen-bond acceptors (Lipinski definition) is 0. The molecule has 0 radical (unpaired) electrons. The Balaban J connectivity index is 2.34. The van der Waals surface area contributed by atoms with Crippen molar-refractivity contribution in [2.45, 2.75) is 44.4 Å². The molecule has 106 valence electrons. The molecule has 0 spiro atoms. The maximum atomic E-state index is 2.58. The van der Waals surface area contributed by atoms with E-state index >= 15 is 0 Å². The van der Waals surface area contributed by atoms with Crippen LogP contribution in [-0.4, -0.2) is 8.07 Å². The van der Waals surface area contributed by atoms with Gasteiger partial charge in [0.15, 0.2) is 0 Å². The van der Waals surface area contributed by atoms with Crippen molar-refractivity contribution in [2.75, 3.05) is 0 Å². The Morgan fingerprint density at radius 1 is 0.800 bits per heavy atom. The molecule has 1 atom stereocenters. The van der Waals surface area contributed by atoms with E-state index in [-0.39, 0.29) is 0 Å². The van der Waals surface area contributed by atoms with E-state index in [1.165, 1.54) is 29.6 Å². The van der Waals surface area contributed by atoms with Crippen molar-refractivity contribution in [3.8, 4) is 0 Å². The SMILES string of the molecule is CC[Si](C)(CC)C(Cc1ccccc1)c1ccccc1. The maximum Gasteiger partial charge on any atom is 0.0581 e. The lowest BCUT2D eigenvalue weighted by Crippen LogP contribution is -2.38. The van der Waals surface area contributed by atoms with Crippen molar-refractivity contribution in [2.24, 2.45) is 0 Å². The molecule has 0 aromatic heterocycles. The van der Waals surface area contributed by atoms with Gasteiger partial charge in [-0.2, -0.15) is 0 Å². The van der Waals surface area contributed by atoms with Gasteiger partial charge in [-0.1, -0.05) is 93.1 Å². The zero-order chi connectivity index (χ0) is 14.4. The molecule has 2 rings (SSSR count). The van der Waals surface area contributed by atoms with Crippen LogP contribution in [-0.2, 0) is 6.42 Å². The molecule has 0 saturated heterocycles. The summed E-state index contributed by atoms with van der Waals surface area (Å²) in [5.41, 5.74) is 3.73. The first-order valence-electron chi connectivity index (χ1n) is 7.78. The Bertz CT molecular complexity index is 500. The normalized spacial score (nSPS) is 13.2. The molecule has 0 bridgehead atoms. The zero-order valence-corrected chi connectivity index (χ0v) is 14.0. The number of rotatable bonds is 6. The van der Waals surface area contributed by atoms with E-state index in [0.717, 1.165) is 5.54 Å². The summed E-state index contributed by atoms with van der Waals surface area (Å²) in [7, 11) is -1.25. The van der Waals surface area contributed by atoms with Crippen LogP contribution in [0.25, 0.3) is 0 Å². The molecule has 1 heteroatoms. The smallest absolute Gasteiger partial charge is 0.0581 e. The Morgan fingerprint density at radius 3 is 1.80 bits per heavy atom. The highest BCUT2D eigenvalue weighted by molar-refractivity contribution is 6.79. The predicted molar refractivity (Wildman–Crippen MR) is 91.9 cm³/mol. The lowest BCUT2D eigenvalue weighted by molar-refractivity contribution is 0.854. The predicted octanol–water partition coefficient (Wildman–Crippen LogP) is 5.67. The largest absolute Gasteiger partial charge is 0.0687 e. The van der Waals surface area contributed by atoms with Gasteiger partial charge in [-0.15, -0.1) is 0 Å². The molecule has 1 unspecified atom stereocenters. The minimum atomic E-state index is -1.25. The van der Waals surface area contributed by atoms with Crippen molar-refractivity contribution < 1.29 is 0 Å². The van der Waals surface area contributed by atoms with E-state index in [2.05, 4.69) is 81.1 Å². The van der Waals surface area contributed by atoms with Gasteiger partial charge in [0.05, 0.1) is 8.07 Å². The summed E-state index contributed by atoms with van der Waals surface area (Å²) < 4.78 is 0. The summed E-state index contributed by atoms with van der Waals surface area (Å²) in [6, 6.07) is 24.8. The molecule has 2 aromatic rings. The molecule has 2 aromatic carbocycles. The third-order valence-corrected chi connectivity index (χ3v) is 10.4. The summed E-state index contributed by atoms with van der Waals surface area (Å²) in [5, 5.41) is 0. The van der Waals surface area contributed by atoms with E-state index in [4.69, 9.17) is 0 Å². The van der Waals surface area contributed by atoms with Crippen LogP contribution >= 0.6 is 0 Å². The number of benzene rings is 2. The quantitative estimate of drug-likeness (QED) is 0.599.